The zero-order valence-electron chi connectivity index (χ0n) is 15.9. The van der Waals surface area contributed by atoms with E-state index in [9.17, 15) is 14.0 Å². The molecule has 1 aliphatic heterocycles. The Kier molecular flexibility index (Phi) is 4.33. The molecule has 1 atom stereocenters. The second-order valence-corrected chi connectivity index (χ2v) is 7.13. The highest BCUT2D eigenvalue weighted by atomic mass is 19.1. The molecule has 0 aliphatic carbocycles. The van der Waals surface area contributed by atoms with Crippen LogP contribution in [0.5, 0.6) is 0 Å². The van der Waals surface area contributed by atoms with Crippen LogP contribution in [0.1, 0.15) is 17.7 Å². The van der Waals surface area contributed by atoms with Crippen LogP contribution in [-0.4, -0.2) is 33.1 Å². The number of carbonyl (C=O) groups is 2. The Morgan fingerprint density at radius 2 is 2.07 bits per heavy atom. The van der Waals surface area contributed by atoms with E-state index in [0.29, 0.717) is 16.9 Å². The largest absolute Gasteiger partial charge is 0.324 e. The molecule has 1 unspecified atom stereocenters. The van der Waals surface area contributed by atoms with E-state index in [1.54, 1.807) is 29.9 Å². The monoisotopic (exact) mass is 381 g/mol. The highest BCUT2D eigenvalue weighted by Crippen LogP contribution is 2.28. The van der Waals surface area contributed by atoms with Crippen molar-refractivity contribution in [1.82, 2.24) is 14.8 Å². The number of hydrogen-bond acceptors (Lipinski definition) is 4. The lowest BCUT2D eigenvalue weighted by Gasteiger charge is -2.17. The fourth-order valence-electron chi connectivity index (χ4n) is 3.50. The molecule has 0 radical (unpaired) electrons. The van der Waals surface area contributed by atoms with Gasteiger partial charge in [-0.3, -0.25) is 14.3 Å². The van der Waals surface area contributed by atoms with Crippen molar-refractivity contribution in [1.29, 1.82) is 0 Å². The van der Waals surface area contributed by atoms with Crippen molar-refractivity contribution in [2.45, 2.75) is 20.3 Å². The SMILES string of the molecule is Cc1ccc(N2CC(C(=O)Nc3cnc4c(c3)c(C)nn4C)CC2=O)cc1F. The molecular weight excluding hydrogens is 361 g/mol. The smallest absolute Gasteiger partial charge is 0.229 e. The lowest BCUT2D eigenvalue weighted by molar-refractivity contribution is -0.122. The summed E-state index contributed by atoms with van der Waals surface area (Å²) in [7, 11) is 1.81. The van der Waals surface area contributed by atoms with E-state index >= 15 is 0 Å². The molecule has 1 fully saturated rings. The van der Waals surface area contributed by atoms with Crippen LogP contribution in [0.4, 0.5) is 15.8 Å². The van der Waals surface area contributed by atoms with E-state index < -0.39 is 5.92 Å². The number of amides is 2. The maximum atomic E-state index is 13.8. The van der Waals surface area contributed by atoms with Gasteiger partial charge >= 0.3 is 0 Å². The number of anilines is 2. The number of benzene rings is 1. The Hall–Kier alpha value is -3.29. The van der Waals surface area contributed by atoms with Crippen molar-refractivity contribution >= 4 is 34.2 Å². The van der Waals surface area contributed by atoms with Gasteiger partial charge in [0.2, 0.25) is 11.8 Å². The van der Waals surface area contributed by atoms with E-state index in [2.05, 4.69) is 15.4 Å². The summed E-state index contributed by atoms with van der Waals surface area (Å²) in [5.41, 5.74) is 3.10. The van der Waals surface area contributed by atoms with Crippen LogP contribution in [0, 0.1) is 25.6 Å². The number of aromatic nitrogens is 3. The van der Waals surface area contributed by atoms with Crippen molar-refractivity contribution < 1.29 is 14.0 Å². The first kappa shape index (κ1) is 18.1. The van der Waals surface area contributed by atoms with Crippen molar-refractivity contribution in [3.63, 3.8) is 0 Å². The number of nitrogens with zero attached hydrogens (tertiary/aromatic N) is 4. The summed E-state index contributed by atoms with van der Waals surface area (Å²) in [4.78, 5) is 30.8. The van der Waals surface area contributed by atoms with Crippen LogP contribution in [0.15, 0.2) is 30.5 Å². The van der Waals surface area contributed by atoms with E-state index in [4.69, 9.17) is 0 Å². The summed E-state index contributed by atoms with van der Waals surface area (Å²) >= 11 is 0. The number of carbonyl (C=O) groups excluding carboxylic acids is 2. The minimum atomic E-state index is -0.512. The highest BCUT2D eigenvalue weighted by Gasteiger charge is 2.35. The second kappa shape index (κ2) is 6.70. The fourth-order valence-corrected chi connectivity index (χ4v) is 3.50. The molecule has 2 amide bonds. The lowest BCUT2D eigenvalue weighted by atomic mass is 10.1. The highest BCUT2D eigenvalue weighted by molar-refractivity contribution is 6.03. The number of aryl methyl sites for hydroxylation is 3. The van der Waals surface area contributed by atoms with E-state index in [1.165, 1.54) is 11.0 Å². The quantitative estimate of drug-likeness (QED) is 0.757. The topological polar surface area (TPSA) is 80.1 Å². The summed E-state index contributed by atoms with van der Waals surface area (Å²) in [6.45, 7) is 3.76. The van der Waals surface area contributed by atoms with Crippen LogP contribution in [0.2, 0.25) is 0 Å². The van der Waals surface area contributed by atoms with Gasteiger partial charge < -0.3 is 10.2 Å². The average molecular weight is 381 g/mol. The van der Waals surface area contributed by atoms with Gasteiger partial charge in [-0.15, -0.1) is 0 Å². The number of fused-ring (bicyclic) bond motifs is 1. The maximum absolute atomic E-state index is 13.8. The molecule has 1 N–H and O–H groups in total. The number of pyridine rings is 1. The molecule has 1 aliphatic rings. The van der Waals surface area contributed by atoms with E-state index in [1.807, 2.05) is 20.0 Å². The van der Waals surface area contributed by atoms with Crippen LogP contribution < -0.4 is 10.2 Å². The van der Waals surface area contributed by atoms with Crippen LogP contribution in [0.3, 0.4) is 0 Å². The van der Waals surface area contributed by atoms with Crippen molar-refractivity contribution in [2.75, 3.05) is 16.8 Å². The Morgan fingerprint density at radius 1 is 1.29 bits per heavy atom. The Bertz CT molecular complexity index is 1110. The molecule has 144 valence electrons. The summed E-state index contributed by atoms with van der Waals surface area (Å²) in [5.74, 6) is -1.34. The van der Waals surface area contributed by atoms with Gasteiger partial charge in [0.15, 0.2) is 5.65 Å². The average Bonchev–Trinajstić information content (AvgIpc) is 3.18. The molecule has 2 aromatic heterocycles. The molecule has 4 rings (SSSR count). The van der Waals surface area contributed by atoms with Crippen molar-refractivity contribution in [3.05, 3.63) is 47.5 Å². The van der Waals surface area contributed by atoms with Gasteiger partial charge in [0.05, 0.1) is 23.5 Å². The van der Waals surface area contributed by atoms with E-state index in [-0.39, 0.29) is 30.6 Å². The van der Waals surface area contributed by atoms with Crippen molar-refractivity contribution in [3.8, 4) is 0 Å². The summed E-state index contributed by atoms with van der Waals surface area (Å²) in [6, 6.07) is 6.48. The Labute approximate surface area is 161 Å². The Balaban J connectivity index is 1.50. The third-order valence-electron chi connectivity index (χ3n) is 5.09. The molecule has 0 bridgehead atoms. The molecule has 8 heteroatoms. The van der Waals surface area contributed by atoms with Gasteiger partial charge in [0.25, 0.3) is 0 Å². The first-order valence-corrected chi connectivity index (χ1v) is 9.00. The zero-order chi connectivity index (χ0) is 20.0. The first-order chi connectivity index (χ1) is 13.3. The molecule has 3 aromatic rings. The number of rotatable bonds is 3. The maximum Gasteiger partial charge on any atom is 0.229 e. The number of hydrogen-bond donors (Lipinski definition) is 1. The van der Waals surface area contributed by atoms with Crippen LogP contribution in [0.25, 0.3) is 11.0 Å². The number of halogens is 1. The molecule has 3 heterocycles. The molecule has 0 spiro atoms. The summed E-state index contributed by atoms with van der Waals surface area (Å²) in [6.07, 6.45) is 1.66. The molecule has 7 nitrogen and oxygen atoms in total. The van der Waals surface area contributed by atoms with Gasteiger partial charge in [-0.25, -0.2) is 9.37 Å². The summed E-state index contributed by atoms with van der Waals surface area (Å²) < 4.78 is 15.5. The van der Waals surface area contributed by atoms with Crippen LogP contribution in [-0.2, 0) is 16.6 Å². The van der Waals surface area contributed by atoms with Gasteiger partial charge in [0, 0.05) is 31.1 Å². The minimum absolute atomic E-state index is 0.0862. The molecule has 1 aromatic carbocycles. The first-order valence-electron chi connectivity index (χ1n) is 9.00. The van der Waals surface area contributed by atoms with Gasteiger partial charge in [0.1, 0.15) is 5.82 Å². The third-order valence-corrected chi connectivity index (χ3v) is 5.09. The normalized spacial score (nSPS) is 16.8. The number of nitrogens with one attached hydrogen (secondary N) is 1. The molecule has 28 heavy (non-hydrogen) atoms. The fraction of sp³-hybridized carbons (Fsp3) is 0.300. The predicted octanol–water partition coefficient (Wildman–Crippen LogP) is 2.72. The zero-order valence-corrected chi connectivity index (χ0v) is 15.9. The van der Waals surface area contributed by atoms with Crippen molar-refractivity contribution in [2.24, 2.45) is 13.0 Å². The van der Waals surface area contributed by atoms with Gasteiger partial charge in [-0.05, 0) is 37.6 Å². The minimum Gasteiger partial charge on any atom is -0.324 e. The Morgan fingerprint density at radius 3 is 2.82 bits per heavy atom. The van der Waals surface area contributed by atoms with Gasteiger partial charge in [-0.2, -0.15) is 5.10 Å². The second-order valence-electron chi connectivity index (χ2n) is 7.13. The third kappa shape index (κ3) is 3.11. The molecule has 0 saturated carbocycles. The molecular formula is C20H20FN5O2. The standard InChI is InChI=1S/C20H20FN5O2/c1-11-4-5-15(8-17(11)21)26-10-13(6-18(26)27)20(28)23-14-7-16-12(2)24-25(3)19(16)22-9-14/h4-5,7-9,13H,6,10H2,1-3H3,(H,23,28). The van der Waals surface area contributed by atoms with Gasteiger partial charge in [-0.1, -0.05) is 6.07 Å². The predicted molar refractivity (Wildman–Crippen MR) is 103 cm³/mol. The lowest BCUT2D eigenvalue weighted by Crippen LogP contribution is -2.28. The molecule has 1 saturated heterocycles. The summed E-state index contributed by atoms with van der Waals surface area (Å²) in [5, 5.41) is 8.01. The van der Waals surface area contributed by atoms with E-state index in [0.717, 1.165) is 16.7 Å². The van der Waals surface area contributed by atoms with Crippen LogP contribution >= 0.6 is 0 Å².